The molecule has 2 aromatic rings. The number of aromatic nitrogens is 1. The first-order valence-corrected chi connectivity index (χ1v) is 11.2. The summed E-state index contributed by atoms with van der Waals surface area (Å²) < 4.78 is 5.16. The molecule has 0 aliphatic heterocycles. The van der Waals surface area contributed by atoms with Crippen LogP contribution < -0.4 is 10.6 Å². The number of nitrogens with zero attached hydrogens (tertiary/aromatic N) is 1. The maximum Gasteiger partial charge on any atom is 0.321 e. The number of thioether (sulfide) groups is 1. The van der Waals surface area contributed by atoms with Crippen molar-refractivity contribution in [3.8, 4) is 0 Å². The lowest BCUT2D eigenvalue weighted by Crippen LogP contribution is -2.48. The molecule has 8 heteroatoms. The van der Waals surface area contributed by atoms with Crippen LogP contribution in [-0.2, 0) is 14.3 Å². The van der Waals surface area contributed by atoms with Crippen molar-refractivity contribution in [1.29, 1.82) is 0 Å². The number of benzene rings is 1. The Hall–Kier alpha value is -2.61. The number of ether oxygens (including phenoxy) is 1. The van der Waals surface area contributed by atoms with Crippen molar-refractivity contribution in [2.24, 2.45) is 0 Å². The highest BCUT2D eigenvalue weighted by Crippen LogP contribution is 2.23. The van der Waals surface area contributed by atoms with E-state index in [2.05, 4.69) is 15.6 Å². The van der Waals surface area contributed by atoms with Gasteiger partial charge in [-0.1, -0.05) is 49.2 Å². The molecule has 1 heterocycles. The van der Waals surface area contributed by atoms with E-state index in [1.807, 2.05) is 37.3 Å². The number of para-hydroxylation sites is 1. The molecule has 2 N–H and O–H groups in total. The predicted molar refractivity (Wildman–Crippen MR) is 116 cm³/mol. The zero-order valence-corrected chi connectivity index (χ0v) is 18.1. The van der Waals surface area contributed by atoms with E-state index in [0.717, 1.165) is 42.1 Å². The molecule has 0 radical (unpaired) electrons. The van der Waals surface area contributed by atoms with Crippen molar-refractivity contribution in [3.63, 3.8) is 0 Å². The van der Waals surface area contributed by atoms with Gasteiger partial charge in [-0.2, -0.15) is 0 Å². The van der Waals surface area contributed by atoms with Gasteiger partial charge in [0.15, 0.2) is 6.10 Å². The van der Waals surface area contributed by atoms with Crippen LogP contribution in [0.2, 0.25) is 0 Å². The predicted octanol–water partition coefficient (Wildman–Crippen LogP) is 3.73. The fraction of sp³-hybridized carbons (Fsp3) is 0.455. The number of esters is 1. The third-order valence-electron chi connectivity index (χ3n) is 5.09. The van der Waals surface area contributed by atoms with Crippen LogP contribution in [0.3, 0.4) is 0 Å². The number of hydrogen-bond acceptors (Lipinski definition) is 6. The smallest absolute Gasteiger partial charge is 0.321 e. The highest BCUT2D eigenvalue weighted by Gasteiger charge is 2.22. The maximum absolute atomic E-state index is 12.1. The summed E-state index contributed by atoms with van der Waals surface area (Å²) in [5.41, 5.74) is 1.94. The summed E-state index contributed by atoms with van der Waals surface area (Å²) in [7, 11) is 0. The second-order valence-corrected chi connectivity index (χ2v) is 8.51. The number of carbonyl (C=O) groups is 3. The van der Waals surface area contributed by atoms with Crippen LogP contribution >= 0.6 is 11.8 Å². The van der Waals surface area contributed by atoms with Crippen LogP contribution in [0.15, 0.2) is 35.4 Å². The van der Waals surface area contributed by atoms with Crippen LogP contribution in [-0.4, -0.2) is 40.8 Å². The molecule has 0 bridgehead atoms. The van der Waals surface area contributed by atoms with Gasteiger partial charge < -0.3 is 10.1 Å². The highest BCUT2D eigenvalue weighted by atomic mass is 32.2. The lowest BCUT2D eigenvalue weighted by Gasteiger charge is -2.23. The van der Waals surface area contributed by atoms with Crippen molar-refractivity contribution in [2.45, 2.75) is 63.1 Å². The van der Waals surface area contributed by atoms with Gasteiger partial charge in [-0.15, -0.1) is 0 Å². The first-order valence-electron chi connectivity index (χ1n) is 10.2. The average molecular weight is 430 g/mol. The molecule has 1 saturated carbocycles. The highest BCUT2D eigenvalue weighted by molar-refractivity contribution is 7.99. The van der Waals surface area contributed by atoms with Gasteiger partial charge in [0.05, 0.1) is 16.3 Å². The van der Waals surface area contributed by atoms with Crippen LogP contribution in [0, 0.1) is 6.92 Å². The number of nitrogens with one attached hydrogen (secondary N) is 2. The standard InChI is InChI=1S/C22H27N3O4S/c1-14-12-19(24-18-11-7-6-10-17(14)18)30-13-20(26)29-15(2)21(27)25-22(28)23-16-8-4-3-5-9-16/h6-7,10-12,15-16H,3-5,8-9,13H2,1-2H3,(H2,23,25,27,28)/t15-/m1/s1. The Balaban J connectivity index is 1.44. The summed E-state index contributed by atoms with van der Waals surface area (Å²) >= 11 is 1.25. The Kier molecular flexibility index (Phi) is 7.68. The largest absolute Gasteiger partial charge is 0.452 e. The summed E-state index contributed by atoms with van der Waals surface area (Å²) in [4.78, 5) is 40.8. The molecule has 30 heavy (non-hydrogen) atoms. The van der Waals surface area contributed by atoms with E-state index in [1.165, 1.54) is 25.1 Å². The van der Waals surface area contributed by atoms with Gasteiger partial charge in [0, 0.05) is 11.4 Å². The third-order valence-corrected chi connectivity index (χ3v) is 5.98. The summed E-state index contributed by atoms with van der Waals surface area (Å²) in [5.74, 6) is -1.15. The summed E-state index contributed by atoms with van der Waals surface area (Å²) in [6.45, 7) is 3.45. The number of aryl methyl sites for hydroxylation is 1. The zero-order valence-electron chi connectivity index (χ0n) is 17.3. The fourth-order valence-corrected chi connectivity index (χ4v) is 4.25. The first kappa shape index (κ1) is 22.1. The number of pyridine rings is 1. The second-order valence-electron chi connectivity index (χ2n) is 7.51. The summed E-state index contributed by atoms with van der Waals surface area (Å²) in [6.07, 6.45) is 4.13. The Labute approximate surface area is 180 Å². The van der Waals surface area contributed by atoms with Crippen molar-refractivity contribution >= 4 is 40.6 Å². The molecule has 1 fully saturated rings. The molecule has 160 valence electrons. The van der Waals surface area contributed by atoms with Crippen molar-refractivity contribution < 1.29 is 19.1 Å². The maximum atomic E-state index is 12.1. The number of rotatable bonds is 6. The molecular weight excluding hydrogens is 402 g/mol. The first-order chi connectivity index (χ1) is 14.4. The lowest BCUT2D eigenvalue weighted by molar-refractivity contribution is -0.151. The van der Waals surface area contributed by atoms with Gasteiger partial charge in [-0.25, -0.2) is 9.78 Å². The van der Waals surface area contributed by atoms with Gasteiger partial charge in [-0.05, 0) is 44.4 Å². The van der Waals surface area contributed by atoms with E-state index in [1.54, 1.807) is 0 Å². The lowest BCUT2D eigenvalue weighted by atomic mass is 9.96. The van der Waals surface area contributed by atoms with Gasteiger partial charge >= 0.3 is 12.0 Å². The second kappa shape index (κ2) is 10.4. The minimum atomic E-state index is -1.05. The summed E-state index contributed by atoms with van der Waals surface area (Å²) in [5, 5.41) is 6.83. The van der Waals surface area contributed by atoms with E-state index in [0.29, 0.717) is 5.03 Å². The number of hydrogen-bond donors (Lipinski definition) is 2. The van der Waals surface area contributed by atoms with Crippen molar-refractivity contribution in [1.82, 2.24) is 15.6 Å². The molecular formula is C22H27N3O4S. The van der Waals surface area contributed by atoms with Crippen molar-refractivity contribution in [3.05, 3.63) is 35.9 Å². The van der Waals surface area contributed by atoms with Crippen LogP contribution in [0.4, 0.5) is 4.79 Å². The average Bonchev–Trinajstić information content (AvgIpc) is 2.73. The van der Waals surface area contributed by atoms with Gasteiger partial charge in [0.25, 0.3) is 5.91 Å². The fourth-order valence-electron chi connectivity index (χ4n) is 3.49. The monoisotopic (exact) mass is 429 g/mol. The molecule has 0 saturated heterocycles. The minimum Gasteiger partial charge on any atom is -0.452 e. The molecule has 1 aliphatic rings. The topological polar surface area (TPSA) is 97.4 Å². The molecule has 3 amide bonds. The molecule has 7 nitrogen and oxygen atoms in total. The van der Waals surface area contributed by atoms with E-state index in [-0.39, 0.29) is 11.8 Å². The van der Waals surface area contributed by atoms with E-state index >= 15 is 0 Å². The molecule has 0 unspecified atom stereocenters. The molecule has 1 atom stereocenters. The Morgan fingerprint density at radius 3 is 2.70 bits per heavy atom. The zero-order chi connectivity index (χ0) is 21.5. The normalized spacial score (nSPS) is 15.4. The van der Waals surface area contributed by atoms with Crippen molar-refractivity contribution in [2.75, 3.05) is 5.75 Å². The van der Waals surface area contributed by atoms with Crippen LogP contribution in [0.5, 0.6) is 0 Å². The van der Waals surface area contributed by atoms with Crippen LogP contribution in [0.25, 0.3) is 10.9 Å². The van der Waals surface area contributed by atoms with E-state index < -0.39 is 24.0 Å². The van der Waals surface area contributed by atoms with E-state index in [9.17, 15) is 14.4 Å². The number of carbonyl (C=O) groups excluding carboxylic acids is 3. The quantitative estimate of drug-likeness (QED) is 0.536. The van der Waals surface area contributed by atoms with Crippen LogP contribution in [0.1, 0.15) is 44.6 Å². The Bertz CT molecular complexity index is 928. The SMILES string of the molecule is Cc1cc(SCC(=O)O[C@H](C)C(=O)NC(=O)NC2CCCCC2)nc2ccccc12. The minimum absolute atomic E-state index is 0.0245. The number of urea groups is 1. The molecule has 3 rings (SSSR count). The molecule has 1 aromatic carbocycles. The number of imide groups is 1. The third kappa shape index (κ3) is 6.19. The Morgan fingerprint density at radius 2 is 1.93 bits per heavy atom. The molecule has 1 aliphatic carbocycles. The van der Waals surface area contributed by atoms with E-state index in [4.69, 9.17) is 4.74 Å². The Morgan fingerprint density at radius 1 is 1.20 bits per heavy atom. The summed E-state index contributed by atoms with van der Waals surface area (Å²) in [6, 6.07) is 9.29. The molecule has 1 aromatic heterocycles. The number of amides is 3. The van der Waals surface area contributed by atoms with Gasteiger partial charge in [0.1, 0.15) is 0 Å². The molecule has 0 spiro atoms. The van der Waals surface area contributed by atoms with Gasteiger partial charge in [-0.3, -0.25) is 14.9 Å². The number of fused-ring (bicyclic) bond motifs is 1. The van der Waals surface area contributed by atoms with Gasteiger partial charge in [0.2, 0.25) is 0 Å².